The highest BCUT2D eigenvalue weighted by molar-refractivity contribution is 5.84. The molecule has 1 aliphatic carbocycles. The van der Waals surface area contributed by atoms with E-state index >= 15 is 0 Å². The Balaban J connectivity index is 1.42. The summed E-state index contributed by atoms with van der Waals surface area (Å²) in [6.07, 6.45) is 4.85. The third kappa shape index (κ3) is 4.06. The van der Waals surface area contributed by atoms with Crippen molar-refractivity contribution < 1.29 is 9.84 Å². The van der Waals surface area contributed by atoms with Crippen LogP contribution in [0.25, 0.3) is 10.8 Å². The third-order valence-electron chi connectivity index (χ3n) is 6.05. The molecule has 28 heavy (non-hydrogen) atoms. The first kappa shape index (κ1) is 19.0. The number of fused-ring (bicyclic) bond motifs is 1. The number of hydrogen-bond acceptors (Lipinski definition) is 3. The molecular weight excluding hydrogens is 346 g/mol. The van der Waals surface area contributed by atoms with Gasteiger partial charge in [-0.05, 0) is 78.6 Å². The Morgan fingerprint density at radius 1 is 0.929 bits per heavy atom. The predicted molar refractivity (Wildman–Crippen MR) is 115 cm³/mol. The third-order valence-corrected chi connectivity index (χ3v) is 6.05. The predicted octanol–water partition coefficient (Wildman–Crippen LogP) is 5.11. The van der Waals surface area contributed by atoms with Crippen LogP contribution in [0, 0.1) is 0 Å². The molecule has 0 saturated heterocycles. The second-order valence-corrected chi connectivity index (χ2v) is 8.30. The lowest BCUT2D eigenvalue weighted by Gasteiger charge is -2.29. The van der Waals surface area contributed by atoms with Crippen LogP contribution in [0.3, 0.4) is 0 Å². The van der Waals surface area contributed by atoms with E-state index in [1.165, 1.54) is 18.4 Å². The molecule has 0 amide bonds. The van der Waals surface area contributed by atoms with Crippen molar-refractivity contribution >= 4 is 10.8 Å². The van der Waals surface area contributed by atoms with Gasteiger partial charge in [-0.1, -0.05) is 48.5 Å². The summed E-state index contributed by atoms with van der Waals surface area (Å²) in [5, 5.41) is 11.7. The zero-order chi connectivity index (χ0) is 19.6. The normalized spacial score (nSPS) is 22.0. The number of ether oxygens (including phenoxy) is 1. The Labute approximate surface area is 167 Å². The SMILES string of the molecule is C[C@](N)(CO)c1ccc2cc(OC3CCC(c4ccccc4)CC3)ccc2c1. The Morgan fingerprint density at radius 3 is 2.32 bits per heavy atom. The molecule has 0 heterocycles. The van der Waals surface area contributed by atoms with Crippen LogP contribution < -0.4 is 10.5 Å². The van der Waals surface area contributed by atoms with Gasteiger partial charge in [0, 0.05) is 0 Å². The Morgan fingerprint density at radius 2 is 1.61 bits per heavy atom. The van der Waals surface area contributed by atoms with Crippen LogP contribution in [0.4, 0.5) is 0 Å². The van der Waals surface area contributed by atoms with Crippen LogP contribution in [-0.2, 0) is 5.54 Å². The summed E-state index contributed by atoms with van der Waals surface area (Å²) in [5.74, 6) is 1.59. The Hall–Kier alpha value is -2.36. The summed E-state index contributed by atoms with van der Waals surface area (Å²) >= 11 is 0. The topological polar surface area (TPSA) is 55.5 Å². The lowest BCUT2D eigenvalue weighted by molar-refractivity contribution is 0.146. The first-order valence-corrected chi connectivity index (χ1v) is 10.2. The number of aliphatic hydroxyl groups is 1. The van der Waals surface area contributed by atoms with Crippen molar-refractivity contribution in [1.82, 2.24) is 0 Å². The second kappa shape index (κ2) is 7.94. The van der Waals surface area contributed by atoms with Gasteiger partial charge in [-0.25, -0.2) is 0 Å². The van der Waals surface area contributed by atoms with Gasteiger partial charge in [0.1, 0.15) is 5.75 Å². The van der Waals surface area contributed by atoms with Crippen molar-refractivity contribution in [2.24, 2.45) is 5.73 Å². The lowest BCUT2D eigenvalue weighted by atomic mass is 9.83. The van der Waals surface area contributed by atoms with Gasteiger partial charge in [0.15, 0.2) is 0 Å². The molecule has 146 valence electrons. The fourth-order valence-corrected chi connectivity index (χ4v) is 4.18. The smallest absolute Gasteiger partial charge is 0.120 e. The molecule has 3 nitrogen and oxygen atoms in total. The quantitative estimate of drug-likeness (QED) is 0.651. The molecule has 0 unspecified atom stereocenters. The molecule has 1 fully saturated rings. The van der Waals surface area contributed by atoms with Crippen molar-refractivity contribution in [2.75, 3.05) is 6.61 Å². The first-order chi connectivity index (χ1) is 13.5. The maximum absolute atomic E-state index is 9.49. The summed E-state index contributed by atoms with van der Waals surface area (Å²) in [5.41, 5.74) is 7.83. The molecule has 3 aromatic rings. The van der Waals surface area contributed by atoms with Crippen molar-refractivity contribution in [3.63, 3.8) is 0 Å². The van der Waals surface area contributed by atoms with Crippen molar-refractivity contribution in [3.05, 3.63) is 77.9 Å². The van der Waals surface area contributed by atoms with Crippen molar-refractivity contribution in [1.29, 1.82) is 0 Å². The van der Waals surface area contributed by atoms with E-state index in [2.05, 4.69) is 54.6 Å². The van der Waals surface area contributed by atoms with Gasteiger partial charge < -0.3 is 15.6 Å². The van der Waals surface area contributed by atoms with E-state index in [0.29, 0.717) is 12.0 Å². The highest BCUT2D eigenvalue weighted by Gasteiger charge is 2.24. The van der Waals surface area contributed by atoms with Crippen LogP contribution >= 0.6 is 0 Å². The second-order valence-electron chi connectivity index (χ2n) is 8.30. The van der Waals surface area contributed by atoms with Crippen LogP contribution in [0.15, 0.2) is 66.7 Å². The van der Waals surface area contributed by atoms with Gasteiger partial charge in [-0.3, -0.25) is 0 Å². The lowest BCUT2D eigenvalue weighted by Crippen LogP contribution is -2.36. The standard InChI is InChI=1S/C25H29NO2/c1-25(26,17-27)22-11-7-21-16-24(14-10-20(21)15-22)28-23-12-8-19(9-13-23)18-5-3-2-4-6-18/h2-7,10-11,14-16,19,23,27H,8-9,12-13,17,26H2,1H3/t19?,23?,25-/m0/s1. The first-order valence-electron chi connectivity index (χ1n) is 10.2. The van der Waals surface area contributed by atoms with Gasteiger partial charge in [0.2, 0.25) is 0 Å². The van der Waals surface area contributed by atoms with E-state index in [4.69, 9.17) is 10.5 Å². The molecule has 1 atom stereocenters. The van der Waals surface area contributed by atoms with E-state index in [-0.39, 0.29) is 6.61 Å². The monoisotopic (exact) mass is 375 g/mol. The molecule has 0 aromatic heterocycles. The number of benzene rings is 3. The maximum Gasteiger partial charge on any atom is 0.120 e. The summed E-state index contributed by atoms with van der Waals surface area (Å²) in [6, 6.07) is 23.2. The van der Waals surface area contributed by atoms with Gasteiger partial charge >= 0.3 is 0 Å². The number of aliphatic hydroxyl groups excluding tert-OH is 1. The average Bonchev–Trinajstić information content (AvgIpc) is 2.74. The van der Waals surface area contributed by atoms with Gasteiger partial charge in [-0.15, -0.1) is 0 Å². The number of rotatable bonds is 5. The minimum absolute atomic E-state index is 0.0780. The molecule has 0 radical (unpaired) electrons. The summed E-state index contributed by atoms with van der Waals surface area (Å²) in [6.45, 7) is 1.77. The molecule has 3 aromatic carbocycles. The highest BCUT2D eigenvalue weighted by atomic mass is 16.5. The fraction of sp³-hybridized carbons (Fsp3) is 0.360. The van der Waals surface area contributed by atoms with E-state index < -0.39 is 5.54 Å². The minimum Gasteiger partial charge on any atom is -0.490 e. The molecule has 3 heteroatoms. The zero-order valence-electron chi connectivity index (χ0n) is 16.5. The van der Waals surface area contributed by atoms with E-state index in [9.17, 15) is 5.11 Å². The summed E-state index contributed by atoms with van der Waals surface area (Å²) < 4.78 is 6.30. The minimum atomic E-state index is -0.721. The largest absolute Gasteiger partial charge is 0.490 e. The molecule has 0 aliphatic heterocycles. The van der Waals surface area contributed by atoms with Crippen molar-refractivity contribution in [3.8, 4) is 5.75 Å². The van der Waals surface area contributed by atoms with Crippen LogP contribution in [0.2, 0.25) is 0 Å². The van der Waals surface area contributed by atoms with Gasteiger partial charge in [0.25, 0.3) is 0 Å². The molecule has 4 rings (SSSR count). The van der Waals surface area contributed by atoms with E-state index in [1.807, 2.05) is 19.1 Å². The number of nitrogens with two attached hydrogens (primary N) is 1. The summed E-state index contributed by atoms with van der Waals surface area (Å²) in [4.78, 5) is 0. The molecular formula is C25H29NO2. The Bertz CT molecular complexity index is 928. The molecule has 0 bridgehead atoms. The van der Waals surface area contributed by atoms with Crippen molar-refractivity contribution in [2.45, 2.75) is 50.2 Å². The van der Waals surface area contributed by atoms with Crippen LogP contribution in [0.5, 0.6) is 5.75 Å². The fourth-order valence-electron chi connectivity index (χ4n) is 4.18. The molecule has 0 spiro atoms. The molecule has 1 aliphatic rings. The molecule has 1 saturated carbocycles. The Kier molecular flexibility index (Phi) is 5.38. The number of hydrogen-bond donors (Lipinski definition) is 2. The highest BCUT2D eigenvalue weighted by Crippen LogP contribution is 2.35. The van der Waals surface area contributed by atoms with Crippen LogP contribution in [-0.4, -0.2) is 17.8 Å². The van der Waals surface area contributed by atoms with E-state index in [0.717, 1.165) is 34.9 Å². The van der Waals surface area contributed by atoms with Gasteiger partial charge in [-0.2, -0.15) is 0 Å². The van der Waals surface area contributed by atoms with E-state index in [1.54, 1.807) is 0 Å². The van der Waals surface area contributed by atoms with Gasteiger partial charge in [0.05, 0.1) is 18.2 Å². The zero-order valence-corrected chi connectivity index (χ0v) is 16.5. The summed E-state index contributed by atoms with van der Waals surface area (Å²) in [7, 11) is 0. The average molecular weight is 376 g/mol. The maximum atomic E-state index is 9.49. The molecule has 3 N–H and O–H groups in total. The van der Waals surface area contributed by atoms with Crippen LogP contribution in [0.1, 0.15) is 49.7 Å².